The van der Waals surface area contributed by atoms with Crippen LogP contribution in [-0.4, -0.2) is 16.7 Å². The molecule has 2 aliphatic rings. The average Bonchev–Trinajstić information content (AvgIpc) is 3.03. The molecule has 2 bridgehead atoms. The molecule has 1 amide bonds. The van der Waals surface area contributed by atoms with Gasteiger partial charge in [-0.05, 0) is 38.0 Å². The number of nitrogens with one attached hydrogen (secondary N) is 1. The molecule has 1 heterocycles. The minimum atomic E-state index is 0.00965. The van der Waals surface area contributed by atoms with Gasteiger partial charge in [0.1, 0.15) is 0 Å². The standard InChI is InChI=1S/C14H18N2O2S/c1-7-12(8(2)17)19-14(15-7)16-13(18)11-6-9-3-4-10(11)5-9/h9-11H,3-6H2,1-2H3,(H,15,16,18)/t9-,10-,11-/m0/s1. The third kappa shape index (κ3) is 2.31. The van der Waals surface area contributed by atoms with E-state index in [9.17, 15) is 9.59 Å². The Morgan fingerprint density at radius 2 is 2.11 bits per heavy atom. The first-order chi connectivity index (χ1) is 9.04. The maximum Gasteiger partial charge on any atom is 0.229 e. The summed E-state index contributed by atoms with van der Waals surface area (Å²) in [4.78, 5) is 28.6. The molecular weight excluding hydrogens is 260 g/mol. The number of nitrogens with zero attached hydrogens (tertiary/aromatic N) is 1. The summed E-state index contributed by atoms with van der Waals surface area (Å²) in [5.74, 6) is 1.58. The summed E-state index contributed by atoms with van der Waals surface area (Å²) in [5, 5.41) is 3.47. The number of aryl methyl sites for hydroxylation is 1. The molecular formula is C14H18N2O2S. The maximum atomic E-state index is 12.3. The summed E-state index contributed by atoms with van der Waals surface area (Å²) in [6.07, 6.45) is 4.73. The second-order valence-electron chi connectivity index (χ2n) is 5.76. The molecule has 2 aliphatic carbocycles. The van der Waals surface area contributed by atoms with Crippen molar-refractivity contribution >= 4 is 28.2 Å². The van der Waals surface area contributed by atoms with Crippen molar-refractivity contribution in [3.05, 3.63) is 10.6 Å². The van der Waals surface area contributed by atoms with Crippen LogP contribution in [0.5, 0.6) is 0 Å². The van der Waals surface area contributed by atoms with Gasteiger partial charge in [-0.25, -0.2) is 4.98 Å². The molecule has 5 heteroatoms. The number of aromatic nitrogens is 1. The zero-order valence-electron chi connectivity index (χ0n) is 11.2. The van der Waals surface area contributed by atoms with Crippen molar-refractivity contribution in [2.24, 2.45) is 17.8 Å². The predicted octanol–water partition coefficient (Wildman–Crippen LogP) is 3.03. The Kier molecular flexibility index (Phi) is 3.17. The second-order valence-corrected chi connectivity index (χ2v) is 6.76. The number of fused-ring (bicyclic) bond motifs is 2. The highest BCUT2D eigenvalue weighted by Gasteiger charge is 2.43. The molecule has 3 rings (SSSR count). The lowest BCUT2D eigenvalue weighted by molar-refractivity contribution is -0.121. The average molecular weight is 278 g/mol. The summed E-state index contributed by atoms with van der Waals surface area (Å²) >= 11 is 1.28. The van der Waals surface area contributed by atoms with E-state index in [0.717, 1.165) is 12.3 Å². The molecule has 0 aromatic carbocycles. The molecule has 102 valence electrons. The van der Waals surface area contributed by atoms with Crippen LogP contribution >= 0.6 is 11.3 Å². The van der Waals surface area contributed by atoms with E-state index in [-0.39, 0.29) is 17.6 Å². The topological polar surface area (TPSA) is 59.1 Å². The van der Waals surface area contributed by atoms with E-state index in [1.807, 2.05) is 0 Å². The molecule has 0 spiro atoms. The first kappa shape index (κ1) is 12.8. The third-order valence-corrected chi connectivity index (χ3v) is 5.60. The van der Waals surface area contributed by atoms with Gasteiger partial charge in [-0.2, -0.15) is 0 Å². The maximum absolute atomic E-state index is 12.3. The minimum Gasteiger partial charge on any atom is -0.302 e. The number of Topliss-reactive ketones (excluding diaryl/α,β-unsaturated/α-hetero) is 1. The molecule has 3 atom stereocenters. The van der Waals surface area contributed by atoms with Crippen LogP contribution in [0, 0.1) is 24.7 Å². The molecule has 0 saturated heterocycles. The fraction of sp³-hybridized carbons (Fsp3) is 0.643. The molecule has 19 heavy (non-hydrogen) atoms. The first-order valence-electron chi connectivity index (χ1n) is 6.84. The minimum absolute atomic E-state index is 0.00965. The molecule has 1 aromatic heterocycles. The van der Waals surface area contributed by atoms with Crippen LogP contribution in [0.1, 0.15) is 48.0 Å². The smallest absolute Gasteiger partial charge is 0.229 e. The van der Waals surface area contributed by atoms with Gasteiger partial charge in [0.15, 0.2) is 10.9 Å². The fourth-order valence-corrected chi connectivity index (χ4v) is 4.41. The second kappa shape index (κ2) is 4.71. The van der Waals surface area contributed by atoms with Crippen LogP contribution in [0.4, 0.5) is 5.13 Å². The zero-order valence-corrected chi connectivity index (χ0v) is 12.0. The van der Waals surface area contributed by atoms with Crippen LogP contribution in [0.15, 0.2) is 0 Å². The highest BCUT2D eigenvalue weighted by atomic mass is 32.1. The highest BCUT2D eigenvalue weighted by molar-refractivity contribution is 7.17. The normalized spacial score (nSPS) is 28.6. The molecule has 1 aromatic rings. The number of carbonyl (C=O) groups is 2. The molecule has 2 saturated carbocycles. The summed E-state index contributed by atoms with van der Waals surface area (Å²) in [6.45, 7) is 3.34. The Hall–Kier alpha value is -1.23. The quantitative estimate of drug-likeness (QED) is 0.865. The van der Waals surface area contributed by atoms with Crippen molar-refractivity contribution in [2.75, 3.05) is 5.32 Å². The molecule has 0 aliphatic heterocycles. The van der Waals surface area contributed by atoms with Gasteiger partial charge in [0.05, 0.1) is 10.6 Å². The summed E-state index contributed by atoms with van der Waals surface area (Å²) in [7, 11) is 0. The van der Waals surface area contributed by atoms with Gasteiger partial charge in [-0.15, -0.1) is 0 Å². The lowest BCUT2D eigenvalue weighted by atomic mass is 9.88. The Labute approximate surface area is 116 Å². The van der Waals surface area contributed by atoms with Crippen molar-refractivity contribution < 1.29 is 9.59 Å². The van der Waals surface area contributed by atoms with E-state index in [4.69, 9.17) is 0 Å². The SMILES string of the molecule is CC(=O)c1sc(NC(=O)[C@H]2C[C@H]3CC[C@H]2C3)nc1C. The van der Waals surface area contributed by atoms with Crippen LogP contribution < -0.4 is 5.32 Å². The number of thiazole rings is 1. The summed E-state index contributed by atoms with van der Waals surface area (Å²) in [6, 6.07) is 0. The molecule has 2 fully saturated rings. The van der Waals surface area contributed by atoms with E-state index in [2.05, 4.69) is 10.3 Å². The summed E-state index contributed by atoms with van der Waals surface area (Å²) < 4.78 is 0. The first-order valence-corrected chi connectivity index (χ1v) is 7.65. The lowest BCUT2D eigenvalue weighted by Crippen LogP contribution is -2.27. The number of anilines is 1. The van der Waals surface area contributed by atoms with Gasteiger partial charge in [-0.1, -0.05) is 17.8 Å². The van der Waals surface area contributed by atoms with E-state index in [1.54, 1.807) is 6.92 Å². The largest absolute Gasteiger partial charge is 0.302 e. The van der Waals surface area contributed by atoms with E-state index in [0.29, 0.717) is 21.6 Å². The fourth-order valence-electron chi connectivity index (χ4n) is 3.54. The predicted molar refractivity (Wildman–Crippen MR) is 74.4 cm³/mol. The van der Waals surface area contributed by atoms with Gasteiger partial charge < -0.3 is 5.32 Å². The number of hydrogen-bond donors (Lipinski definition) is 1. The number of rotatable bonds is 3. The molecule has 0 unspecified atom stereocenters. The molecule has 0 radical (unpaired) electrons. The Morgan fingerprint density at radius 3 is 2.63 bits per heavy atom. The van der Waals surface area contributed by atoms with Crippen LogP contribution in [0.2, 0.25) is 0 Å². The van der Waals surface area contributed by atoms with Crippen molar-refractivity contribution in [1.82, 2.24) is 4.98 Å². The Morgan fingerprint density at radius 1 is 1.32 bits per heavy atom. The van der Waals surface area contributed by atoms with Gasteiger partial charge in [0.2, 0.25) is 5.91 Å². The highest BCUT2D eigenvalue weighted by Crippen LogP contribution is 2.48. The van der Waals surface area contributed by atoms with Crippen molar-refractivity contribution in [2.45, 2.75) is 39.5 Å². The van der Waals surface area contributed by atoms with E-state index in [1.165, 1.54) is 37.5 Å². The third-order valence-electron chi connectivity index (χ3n) is 4.42. The monoisotopic (exact) mass is 278 g/mol. The zero-order chi connectivity index (χ0) is 13.6. The van der Waals surface area contributed by atoms with Crippen LogP contribution in [0.25, 0.3) is 0 Å². The van der Waals surface area contributed by atoms with E-state index >= 15 is 0 Å². The van der Waals surface area contributed by atoms with Crippen LogP contribution in [0.3, 0.4) is 0 Å². The van der Waals surface area contributed by atoms with Gasteiger partial charge >= 0.3 is 0 Å². The Balaban J connectivity index is 1.70. The van der Waals surface area contributed by atoms with E-state index < -0.39 is 0 Å². The van der Waals surface area contributed by atoms with Crippen LogP contribution in [-0.2, 0) is 4.79 Å². The summed E-state index contributed by atoms with van der Waals surface area (Å²) in [5.41, 5.74) is 0.709. The number of ketones is 1. The number of carbonyl (C=O) groups excluding carboxylic acids is 2. The molecule has 1 N–H and O–H groups in total. The van der Waals surface area contributed by atoms with Crippen molar-refractivity contribution in [1.29, 1.82) is 0 Å². The number of amides is 1. The van der Waals surface area contributed by atoms with Gasteiger partial charge in [0.25, 0.3) is 0 Å². The van der Waals surface area contributed by atoms with Crippen molar-refractivity contribution in [3.8, 4) is 0 Å². The van der Waals surface area contributed by atoms with Gasteiger partial charge in [-0.3, -0.25) is 9.59 Å². The van der Waals surface area contributed by atoms with Crippen molar-refractivity contribution in [3.63, 3.8) is 0 Å². The lowest BCUT2D eigenvalue weighted by Gasteiger charge is -2.19. The number of hydrogen-bond acceptors (Lipinski definition) is 4. The Bertz CT molecular complexity index is 538. The van der Waals surface area contributed by atoms with Gasteiger partial charge in [0, 0.05) is 12.8 Å². The molecule has 4 nitrogen and oxygen atoms in total.